The number of hydrogen-bond acceptors (Lipinski definition) is 4. The van der Waals surface area contributed by atoms with Crippen molar-refractivity contribution in [2.75, 3.05) is 13.1 Å². The van der Waals surface area contributed by atoms with Gasteiger partial charge in [0, 0.05) is 12.6 Å². The first-order chi connectivity index (χ1) is 10.1. The minimum Gasteiger partial charge on any atom is -0.447 e. The quantitative estimate of drug-likeness (QED) is 0.786. The van der Waals surface area contributed by atoms with Crippen molar-refractivity contribution in [2.45, 2.75) is 63.6 Å². The van der Waals surface area contributed by atoms with E-state index in [0.717, 1.165) is 38.6 Å². The van der Waals surface area contributed by atoms with E-state index < -0.39 is 10.0 Å². The van der Waals surface area contributed by atoms with Gasteiger partial charge in [-0.1, -0.05) is 20.3 Å². The van der Waals surface area contributed by atoms with Gasteiger partial charge in [-0.05, 0) is 44.4 Å². The molecular weight excluding hydrogens is 288 g/mol. The number of furan rings is 1. The first-order valence-corrected chi connectivity index (χ1v) is 9.34. The van der Waals surface area contributed by atoms with Crippen LogP contribution in [0, 0.1) is 0 Å². The molecule has 1 aliphatic heterocycles. The first-order valence-electron chi connectivity index (χ1n) is 7.90. The van der Waals surface area contributed by atoms with Gasteiger partial charge in [-0.25, -0.2) is 8.42 Å². The van der Waals surface area contributed by atoms with Crippen molar-refractivity contribution in [3.8, 4) is 0 Å². The van der Waals surface area contributed by atoms with Crippen molar-refractivity contribution in [1.29, 1.82) is 0 Å². The van der Waals surface area contributed by atoms with E-state index in [1.54, 1.807) is 16.4 Å². The average Bonchev–Trinajstić information content (AvgIpc) is 2.97. The minimum atomic E-state index is -3.49. The Labute approximate surface area is 127 Å². The number of nitrogens with zero attached hydrogens (tertiary/aromatic N) is 1. The maximum absolute atomic E-state index is 12.7. The summed E-state index contributed by atoms with van der Waals surface area (Å²) in [7, 11) is -3.49. The summed E-state index contributed by atoms with van der Waals surface area (Å²) in [6, 6.07) is 3.44. The van der Waals surface area contributed by atoms with Gasteiger partial charge >= 0.3 is 0 Å². The monoisotopic (exact) mass is 314 g/mol. The van der Waals surface area contributed by atoms with Gasteiger partial charge in [0.25, 0.3) is 10.0 Å². The van der Waals surface area contributed by atoms with Gasteiger partial charge in [-0.3, -0.25) is 0 Å². The van der Waals surface area contributed by atoms with E-state index in [2.05, 4.69) is 12.2 Å². The van der Waals surface area contributed by atoms with Crippen LogP contribution in [0.1, 0.15) is 51.7 Å². The lowest BCUT2D eigenvalue weighted by molar-refractivity contribution is 0.240. The largest absolute Gasteiger partial charge is 0.447 e. The molecule has 2 rings (SSSR count). The van der Waals surface area contributed by atoms with E-state index in [0.29, 0.717) is 18.8 Å². The third-order valence-electron chi connectivity index (χ3n) is 3.97. The van der Waals surface area contributed by atoms with Crippen molar-refractivity contribution < 1.29 is 12.8 Å². The molecule has 0 bridgehead atoms. The van der Waals surface area contributed by atoms with E-state index in [4.69, 9.17) is 4.42 Å². The Bertz CT molecular complexity index is 539. The number of hydrogen-bond donors (Lipinski definition) is 1. The summed E-state index contributed by atoms with van der Waals surface area (Å²) < 4.78 is 32.6. The Hall–Kier alpha value is -0.850. The van der Waals surface area contributed by atoms with E-state index in [9.17, 15) is 8.42 Å². The lowest BCUT2D eigenvalue weighted by atomic mass is 10.0. The van der Waals surface area contributed by atoms with Crippen LogP contribution in [0.25, 0.3) is 0 Å². The van der Waals surface area contributed by atoms with Crippen LogP contribution < -0.4 is 5.32 Å². The highest BCUT2D eigenvalue weighted by Gasteiger charge is 2.34. The number of piperidine rings is 1. The van der Waals surface area contributed by atoms with Gasteiger partial charge in [-0.2, -0.15) is 4.31 Å². The molecule has 0 aromatic carbocycles. The second-order valence-electron chi connectivity index (χ2n) is 5.57. The van der Waals surface area contributed by atoms with Crippen LogP contribution in [0.2, 0.25) is 0 Å². The van der Waals surface area contributed by atoms with Gasteiger partial charge in [0.05, 0.1) is 6.54 Å². The minimum absolute atomic E-state index is 0.0798. The summed E-state index contributed by atoms with van der Waals surface area (Å²) in [5, 5.41) is 3.29. The zero-order valence-corrected chi connectivity index (χ0v) is 13.8. The molecule has 1 aliphatic rings. The highest BCUT2D eigenvalue weighted by molar-refractivity contribution is 7.89. The maximum atomic E-state index is 12.7. The molecule has 1 N–H and O–H groups in total. The van der Waals surface area contributed by atoms with Gasteiger partial charge in [0.15, 0.2) is 0 Å². The molecule has 1 aromatic rings. The highest BCUT2D eigenvalue weighted by Crippen LogP contribution is 2.27. The van der Waals surface area contributed by atoms with Crippen molar-refractivity contribution >= 4 is 10.0 Å². The number of sulfonamides is 1. The summed E-state index contributed by atoms with van der Waals surface area (Å²) >= 11 is 0. The second kappa shape index (κ2) is 7.42. The fourth-order valence-corrected chi connectivity index (χ4v) is 4.49. The second-order valence-corrected chi connectivity index (χ2v) is 7.39. The van der Waals surface area contributed by atoms with Crippen molar-refractivity contribution in [3.05, 3.63) is 17.9 Å². The molecule has 1 saturated heterocycles. The fourth-order valence-electron chi connectivity index (χ4n) is 2.79. The molecule has 1 aromatic heterocycles. The summed E-state index contributed by atoms with van der Waals surface area (Å²) in [5.74, 6) is 0.673. The molecule has 0 saturated carbocycles. The van der Waals surface area contributed by atoms with Gasteiger partial charge in [0.2, 0.25) is 5.09 Å². The normalized spacial score (nSPS) is 20.8. The Morgan fingerprint density at radius 1 is 1.33 bits per heavy atom. The van der Waals surface area contributed by atoms with Crippen LogP contribution >= 0.6 is 0 Å². The third-order valence-corrected chi connectivity index (χ3v) is 5.80. The first kappa shape index (κ1) is 16.5. The smallest absolute Gasteiger partial charge is 0.276 e. The highest BCUT2D eigenvalue weighted by atomic mass is 32.2. The predicted molar refractivity (Wildman–Crippen MR) is 82.5 cm³/mol. The molecule has 0 aliphatic carbocycles. The van der Waals surface area contributed by atoms with Gasteiger partial charge < -0.3 is 9.73 Å². The Balaban J connectivity index is 2.11. The maximum Gasteiger partial charge on any atom is 0.276 e. The summed E-state index contributed by atoms with van der Waals surface area (Å²) in [6.45, 7) is 6.20. The Morgan fingerprint density at radius 2 is 2.14 bits per heavy atom. The van der Waals surface area contributed by atoms with E-state index >= 15 is 0 Å². The lowest BCUT2D eigenvalue weighted by Gasteiger charge is -2.33. The van der Waals surface area contributed by atoms with E-state index in [-0.39, 0.29) is 11.1 Å². The molecule has 5 nitrogen and oxygen atoms in total. The van der Waals surface area contributed by atoms with Gasteiger partial charge in [-0.15, -0.1) is 0 Å². The van der Waals surface area contributed by atoms with Crippen LogP contribution in [-0.4, -0.2) is 31.9 Å². The molecule has 21 heavy (non-hydrogen) atoms. The molecule has 2 heterocycles. The van der Waals surface area contributed by atoms with Gasteiger partial charge in [0.1, 0.15) is 5.76 Å². The van der Waals surface area contributed by atoms with Crippen molar-refractivity contribution in [3.63, 3.8) is 0 Å². The summed E-state index contributed by atoms with van der Waals surface area (Å²) in [6.07, 6.45) is 4.88. The van der Waals surface area contributed by atoms with Crippen LogP contribution in [-0.2, 0) is 16.6 Å². The zero-order chi connectivity index (χ0) is 15.3. The van der Waals surface area contributed by atoms with E-state index in [1.807, 2.05) is 6.92 Å². The molecule has 120 valence electrons. The molecule has 1 atom stereocenters. The van der Waals surface area contributed by atoms with Crippen molar-refractivity contribution in [1.82, 2.24) is 9.62 Å². The molecule has 1 unspecified atom stereocenters. The van der Waals surface area contributed by atoms with Crippen molar-refractivity contribution in [2.24, 2.45) is 0 Å². The molecule has 0 spiro atoms. The summed E-state index contributed by atoms with van der Waals surface area (Å²) in [4.78, 5) is 0. The van der Waals surface area contributed by atoms with Crippen LogP contribution in [0.5, 0.6) is 0 Å². The molecular formula is C15H26N2O3S. The molecule has 6 heteroatoms. The predicted octanol–water partition coefficient (Wildman–Crippen LogP) is 2.73. The topological polar surface area (TPSA) is 62.6 Å². The van der Waals surface area contributed by atoms with Crippen LogP contribution in [0.15, 0.2) is 21.6 Å². The average molecular weight is 314 g/mol. The third kappa shape index (κ3) is 3.87. The molecule has 0 amide bonds. The number of rotatable bonds is 7. The molecule has 0 radical (unpaired) electrons. The summed E-state index contributed by atoms with van der Waals surface area (Å²) in [5.41, 5.74) is 0. The standard InChI is InChI=1S/C15H26N2O3S/c1-3-10-16-12-14-8-9-15(20-14)21(18,19)17-11-6-5-7-13(17)4-2/h8-9,13,16H,3-7,10-12H2,1-2H3. The zero-order valence-electron chi connectivity index (χ0n) is 13.0. The van der Waals surface area contributed by atoms with E-state index in [1.165, 1.54) is 0 Å². The Kier molecular flexibility index (Phi) is 5.84. The van der Waals surface area contributed by atoms with Crippen LogP contribution in [0.4, 0.5) is 0 Å². The fraction of sp³-hybridized carbons (Fsp3) is 0.733. The number of nitrogens with one attached hydrogen (secondary N) is 1. The Morgan fingerprint density at radius 3 is 2.86 bits per heavy atom. The lowest BCUT2D eigenvalue weighted by Crippen LogP contribution is -2.43. The SMILES string of the molecule is CCCNCc1ccc(S(=O)(=O)N2CCCCC2CC)o1. The van der Waals surface area contributed by atoms with Crippen LogP contribution in [0.3, 0.4) is 0 Å². The molecule has 1 fully saturated rings.